The predicted octanol–water partition coefficient (Wildman–Crippen LogP) is 2.23. The van der Waals surface area contributed by atoms with E-state index in [1.54, 1.807) is 19.1 Å². The Hall–Kier alpha value is -1.53. The Morgan fingerprint density at radius 3 is 2.67 bits per heavy atom. The topological polar surface area (TPSA) is 61.1 Å². The van der Waals surface area contributed by atoms with Gasteiger partial charge >= 0.3 is 5.97 Å². The summed E-state index contributed by atoms with van der Waals surface area (Å²) in [5.74, 6) is -0.678. The molecule has 0 heterocycles. The minimum atomic E-state index is -0.898. The van der Waals surface area contributed by atoms with Crippen LogP contribution in [0.5, 0.6) is 0 Å². The molecule has 0 atom stereocenters. The van der Waals surface area contributed by atoms with Gasteiger partial charge < -0.3 is 5.11 Å². The summed E-state index contributed by atoms with van der Waals surface area (Å²) in [7, 11) is 0. The molecule has 0 radical (unpaired) electrons. The second-order valence-corrected chi connectivity index (χ2v) is 3.52. The lowest BCUT2D eigenvalue weighted by Gasteiger charge is -2.07. The molecule has 1 aromatic rings. The van der Waals surface area contributed by atoms with Gasteiger partial charge in [0.1, 0.15) is 0 Å². The number of carboxylic acid groups (broad SMARTS) is 1. The van der Waals surface area contributed by atoms with Crippen LogP contribution in [0.2, 0.25) is 0 Å². The van der Waals surface area contributed by atoms with Gasteiger partial charge in [-0.2, -0.15) is 5.26 Å². The van der Waals surface area contributed by atoms with E-state index in [1.165, 1.54) is 0 Å². The largest absolute Gasteiger partial charge is 0.481 e. The molecule has 0 saturated heterocycles. The number of aliphatic carboxylic acids is 1. The summed E-state index contributed by atoms with van der Waals surface area (Å²) < 4.78 is 0. The highest BCUT2D eigenvalue weighted by Crippen LogP contribution is 2.18. The van der Waals surface area contributed by atoms with Gasteiger partial charge in [0.05, 0.1) is 18.1 Å². The first kappa shape index (κ1) is 11.5. The Kier molecular flexibility index (Phi) is 3.70. The fourth-order valence-corrected chi connectivity index (χ4v) is 1.63. The number of hydrogen-bond acceptors (Lipinski definition) is 2. The van der Waals surface area contributed by atoms with Crippen LogP contribution in [0.4, 0.5) is 0 Å². The molecule has 0 fully saturated rings. The number of alkyl halides is 1. The molecule has 0 amide bonds. The second kappa shape index (κ2) is 4.81. The smallest absolute Gasteiger partial charge is 0.307 e. The Morgan fingerprint density at radius 1 is 1.53 bits per heavy atom. The molecule has 0 aromatic heterocycles. The Bertz CT molecular complexity index is 435. The first-order valence-electron chi connectivity index (χ1n) is 4.38. The van der Waals surface area contributed by atoms with Crippen LogP contribution < -0.4 is 0 Å². The normalized spacial score (nSPS) is 9.67. The molecule has 3 nitrogen and oxygen atoms in total. The summed E-state index contributed by atoms with van der Waals surface area (Å²) in [6.45, 7) is 1.78. The SMILES string of the molecule is Cc1cc(CC(=O)O)c(CCl)cc1C#N. The summed E-state index contributed by atoms with van der Waals surface area (Å²) in [6.07, 6.45) is -0.0609. The van der Waals surface area contributed by atoms with Gasteiger partial charge in [-0.1, -0.05) is 6.07 Å². The molecule has 0 aliphatic heterocycles. The average Bonchev–Trinajstić information content (AvgIpc) is 2.17. The Morgan fingerprint density at radius 2 is 2.20 bits per heavy atom. The molecular weight excluding hydrogens is 214 g/mol. The van der Waals surface area contributed by atoms with E-state index in [4.69, 9.17) is 22.0 Å². The van der Waals surface area contributed by atoms with Crippen LogP contribution in [0.25, 0.3) is 0 Å². The Labute approximate surface area is 92.9 Å². The van der Waals surface area contributed by atoms with Crippen molar-refractivity contribution in [2.24, 2.45) is 0 Å². The molecule has 1 N–H and O–H groups in total. The number of aryl methyl sites for hydroxylation is 1. The summed E-state index contributed by atoms with van der Waals surface area (Å²) in [5.41, 5.74) is 2.71. The van der Waals surface area contributed by atoms with E-state index in [0.717, 1.165) is 5.56 Å². The van der Waals surface area contributed by atoms with Crippen LogP contribution in [0.1, 0.15) is 22.3 Å². The summed E-state index contributed by atoms with van der Waals surface area (Å²) in [5, 5.41) is 17.5. The van der Waals surface area contributed by atoms with Crippen molar-refractivity contribution in [1.29, 1.82) is 5.26 Å². The van der Waals surface area contributed by atoms with Crippen molar-refractivity contribution >= 4 is 17.6 Å². The van der Waals surface area contributed by atoms with E-state index in [9.17, 15) is 4.79 Å². The van der Waals surface area contributed by atoms with Gasteiger partial charge in [-0.25, -0.2) is 0 Å². The van der Waals surface area contributed by atoms with Crippen molar-refractivity contribution in [2.75, 3.05) is 0 Å². The molecule has 1 aromatic carbocycles. The molecule has 1 rings (SSSR count). The number of halogens is 1. The zero-order chi connectivity index (χ0) is 11.4. The molecular formula is C11H10ClNO2. The van der Waals surface area contributed by atoms with Crippen molar-refractivity contribution in [2.45, 2.75) is 19.2 Å². The predicted molar refractivity (Wildman–Crippen MR) is 56.8 cm³/mol. The fourth-order valence-electron chi connectivity index (χ4n) is 1.38. The second-order valence-electron chi connectivity index (χ2n) is 3.25. The molecule has 15 heavy (non-hydrogen) atoms. The molecule has 78 valence electrons. The zero-order valence-corrected chi connectivity index (χ0v) is 9.01. The van der Waals surface area contributed by atoms with Gasteiger partial charge in [0.2, 0.25) is 0 Å². The number of nitrogens with zero attached hydrogens (tertiary/aromatic N) is 1. The molecule has 0 aliphatic rings. The molecule has 0 unspecified atom stereocenters. The first-order valence-corrected chi connectivity index (χ1v) is 4.92. The summed E-state index contributed by atoms with van der Waals surface area (Å²) in [4.78, 5) is 10.6. The van der Waals surface area contributed by atoms with Crippen molar-refractivity contribution < 1.29 is 9.90 Å². The van der Waals surface area contributed by atoms with Crippen LogP contribution in [-0.4, -0.2) is 11.1 Å². The third-order valence-corrected chi connectivity index (χ3v) is 2.44. The highest BCUT2D eigenvalue weighted by molar-refractivity contribution is 6.17. The molecule has 0 saturated carbocycles. The lowest BCUT2D eigenvalue weighted by atomic mass is 9.98. The number of carbonyl (C=O) groups is 1. The van der Waals surface area contributed by atoms with Gasteiger partial charge in [0.15, 0.2) is 0 Å². The summed E-state index contributed by atoms with van der Waals surface area (Å²) >= 11 is 5.69. The minimum absolute atomic E-state index is 0.0609. The van der Waals surface area contributed by atoms with Crippen LogP contribution in [-0.2, 0) is 17.1 Å². The van der Waals surface area contributed by atoms with Crippen LogP contribution in [0.3, 0.4) is 0 Å². The highest BCUT2D eigenvalue weighted by Gasteiger charge is 2.09. The van der Waals surface area contributed by atoms with Crippen molar-refractivity contribution in [3.63, 3.8) is 0 Å². The lowest BCUT2D eigenvalue weighted by Crippen LogP contribution is -2.04. The fraction of sp³-hybridized carbons (Fsp3) is 0.273. The quantitative estimate of drug-likeness (QED) is 0.800. The molecule has 0 aliphatic carbocycles. The highest BCUT2D eigenvalue weighted by atomic mass is 35.5. The zero-order valence-electron chi connectivity index (χ0n) is 8.25. The maximum absolute atomic E-state index is 10.6. The van der Waals surface area contributed by atoms with Gasteiger partial charge in [-0.3, -0.25) is 4.79 Å². The first-order chi connectivity index (χ1) is 7.08. The average molecular weight is 224 g/mol. The van der Waals surface area contributed by atoms with Crippen molar-refractivity contribution in [3.8, 4) is 6.07 Å². The van der Waals surface area contributed by atoms with E-state index in [1.807, 2.05) is 6.07 Å². The maximum Gasteiger partial charge on any atom is 0.307 e. The van der Waals surface area contributed by atoms with Crippen LogP contribution in [0, 0.1) is 18.3 Å². The van der Waals surface area contributed by atoms with Crippen molar-refractivity contribution in [1.82, 2.24) is 0 Å². The molecule has 0 spiro atoms. The number of benzene rings is 1. The maximum atomic E-state index is 10.6. The van der Waals surface area contributed by atoms with E-state index >= 15 is 0 Å². The molecule has 4 heteroatoms. The number of hydrogen-bond donors (Lipinski definition) is 1. The van der Waals surface area contributed by atoms with Gasteiger partial charge in [-0.05, 0) is 29.7 Å². The number of carboxylic acids is 1. The summed E-state index contributed by atoms with van der Waals surface area (Å²) in [6, 6.07) is 5.41. The van der Waals surface area contributed by atoms with Gasteiger partial charge in [0.25, 0.3) is 0 Å². The van der Waals surface area contributed by atoms with E-state index in [2.05, 4.69) is 0 Å². The third-order valence-electron chi connectivity index (χ3n) is 2.15. The van der Waals surface area contributed by atoms with E-state index in [0.29, 0.717) is 16.7 Å². The number of nitriles is 1. The van der Waals surface area contributed by atoms with E-state index < -0.39 is 5.97 Å². The van der Waals surface area contributed by atoms with Crippen molar-refractivity contribution in [3.05, 3.63) is 34.4 Å². The lowest BCUT2D eigenvalue weighted by molar-refractivity contribution is -0.136. The Balaban J connectivity index is 3.22. The van der Waals surface area contributed by atoms with Gasteiger partial charge in [-0.15, -0.1) is 11.6 Å². The monoisotopic (exact) mass is 223 g/mol. The van der Waals surface area contributed by atoms with Crippen LogP contribution >= 0.6 is 11.6 Å². The van der Waals surface area contributed by atoms with Gasteiger partial charge in [0, 0.05) is 5.88 Å². The van der Waals surface area contributed by atoms with E-state index in [-0.39, 0.29) is 12.3 Å². The molecule has 0 bridgehead atoms. The number of rotatable bonds is 3. The van der Waals surface area contributed by atoms with Crippen LogP contribution in [0.15, 0.2) is 12.1 Å². The third kappa shape index (κ3) is 2.71. The standard InChI is InChI=1S/C11H10ClNO2/c1-7-2-8(4-11(14)15)9(5-12)3-10(7)6-13/h2-3H,4-5H2,1H3,(H,14,15). The minimum Gasteiger partial charge on any atom is -0.481 e.